The lowest BCUT2D eigenvalue weighted by molar-refractivity contribution is -0.121. The highest BCUT2D eigenvalue weighted by Gasteiger charge is 2.23. The first-order valence-electron chi connectivity index (χ1n) is 13.6. The molecule has 202 valence electrons. The molecule has 1 aromatic rings. The Morgan fingerprint density at radius 3 is 1.80 bits per heavy atom. The zero-order chi connectivity index (χ0) is 25.6. The zero-order valence-electron chi connectivity index (χ0n) is 21.7. The molecule has 0 spiro atoms. The minimum Gasteiger partial charge on any atom is -0.491 e. The minimum absolute atomic E-state index is 0.0183. The van der Waals surface area contributed by atoms with Crippen molar-refractivity contribution in [2.45, 2.75) is 116 Å². The lowest BCUT2D eigenvalue weighted by Gasteiger charge is -2.19. The second kappa shape index (κ2) is 20.8. The lowest BCUT2D eigenvalue weighted by atomic mass is 10.0. The largest absolute Gasteiger partial charge is 0.491 e. The van der Waals surface area contributed by atoms with E-state index in [1.807, 2.05) is 6.07 Å². The van der Waals surface area contributed by atoms with E-state index in [2.05, 4.69) is 12.2 Å². The Labute approximate surface area is 212 Å². The molecule has 1 aromatic carbocycles. The molecule has 0 aromatic heterocycles. The summed E-state index contributed by atoms with van der Waals surface area (Å²) in [5.41, 5.74) is 0. The Morgan fingerprint density at radius 1 is 0.829 bits per heavy atom. The molecule has 35 heavy (non-hydrogen) atoms. The number of para-hydroxylation sites is 1. The van der Waals surface area contributed by atoms with Crippen LogP contribution in [0.2, 0.25) is 0 Å². The number of carbonyl (C=O) groups excluding carboxylic acids is 1. The molecule has 0 bridgehead atoms. The first kappa shape index (κ1) is 31.6. The van der Waals surface area contributed by atoms with E-state index in [1.165, 1.54) is 77.0 Å². The SMILES string of the molecule is CCCCCCCCCCCCCCCCCC(=O)NC[C@@H](COc1ccccc1)OP(=O)(O)O. The van der Waals surface area contributed by atoms with E-state index in [1.54, 1.807) is 24.3 Å². The monoisotopic (exact) mass is 513 g/mol. The predicted molar refractivity (Wildman–Crippen MR) is 141 cm³/mol. The Kier molecular flexibility index (Phi) is 18.8. The van der Waals surface area contributed by atoms with E-state index >= 15 is 0 Å². The normalized spacial score (nSPS) is 12.4. The van der Waals surface area contributed by atoms with Crippen molar-refractivity contribution in [2.24, 2.45) is 0 Å². The number of amides is 1. The number of phosphoric acid groups is 1. The number of carbonyl (C=O) groups is 1. The van der Waals surface area contributed by atoms with Crippen LogP contribution in [0.1, 0.15) is 110 Å². The van der Waals surface area contributed by atoms with E-state index < -0.39 is 13.9 Å². The van der Waals surface area contributed by atoms with Gasteiger partial charge >= 0.3 is 7.82 Å². The van der Waals surface area contributed by atoms with Crippen molar-refractivity contribution in [1.82, 2.24) is 5.32 Å². The predicted octanol–water partition coefficient (Wildman–Crippen LogP) is 6.92. The fourth-order valence-corrected chi connectivity index (χ4v) is 4.52. The van der Waals surface area contributed by atoms with E-state index in [4.69, 9.17) is 19.0 Å². The van der Waals surface area contributed by atoms with Crippen molar-refractivity contribution in [3.05, 3.63) is 30.3 Å². The van der Waals surface area contributed by atoms with E-state index in [-0.39, 0.29) is 19.1 Å². The Hall–Kier alpha value is -1.40. The van der Waals surface area contributed by atoms with Crippen molar-refractivity contribution in [3.8, 4) is 5.75 Å². The molecule has 0 fully saturated rings. The topological polar surface area (TPSA) is 105 Å². The van der Waals surface area contributed by atoms with Gasteiger partial charge in [0.2, 0.25) is 5.91 Å². The summed E-state index contributed by atoms with van der Waals surface area (Å²) in [4.78, 5) is 30.4. The molecule has 7 nitrogen and oxygen atoms in total. The second-order valence-electron chi connectivity index (χ2n) is 9.35. The van der Waals surface area contributed by atoms with E-state index in [0.29, 0.717) is 12.2 Å². The summed E-state index contributed by atoms with van der Waals surface area (Å²) in [7, 11) is -4.69. The van der Waals surface area contributed by atoms with Crippen LogP contribution in [-0.2, 0) is 13.9 Å². The van der Waals surface area contributed by atoms with Crippen LogP contribution in [0.3, 0.4) is 0 Å². The van der Waals surface area contributed by atoms with Gasteiger partial charge in [-0.25, -0.2) is 4.57 Å². The van der Waals surface area contributed by atoms with Crippen LogP contribution in [-0.4, -0.2) is 34.9 Å². The van der Waals surface area contributed by atoms with Gasteiger partial charge in [0, 0.05) is 13.0 Å². The highest BCUT2D eigenvalue weighted by Crippen LogP contribution is 2.37. The molecule has 0 saturated carbocycles. The first-order chi connectivity index (χ1) is 16.9. The van der Waals surface area contributed by atoms with Gasteiger partial charge in [0.1, 0.15) is 18.5 Å². The highest BCUT2D eigenvalue weighted by atomic mass is 31.2. The first-order valence-corrected chi connectivity index (χ1v) is 15.1. The number of hydrogen-bond acceptors (Lipinski definition) is 4. The fourth-order valence-electron chi connectivity index (χ4n) is 4.00. The van der Waals surface area contributed by atoms with Crippen LogP contribution in [0.5, 0.6) is 5.75 Å². The number of ether oxygens (including phenoxy) is 1. The van der Waals surface area contributed by atoms with Crippen LogP contribution >= 0.6 is 7.82 Å². The van der Waals surface area contributed by atoms with E-state index in [9.17, 15) is 9.36 Å². The van der Waals surface area contributed by atoms with Crippen molar-refractivity contribution in [2.75, 3.05) is 13.2 Å². The van der Waals surface area contributed by atoms with Gasteiger partial charge in [0.05, 0.1) is 0 Å². The second-order valence-corrected chi connectivity index (χ2v) is 10.5. The maximum Gasteiger partial charge on any atom is 0.470 e. The smallest absolute Gasteiger partial charge is 0.470 e. The molecular weight excluding hydrogens is 465 g/mol. The van der Waals surface area contributed by atoms with Crippen LogP contribution in [0, 0.1) is 0 Å². The van der Waals surface area contributed by atoms with Gasteiger partial charge in [-0.05, 0) is 18.6 Å². The third kappa shape index (κ3) is 20.5. The molecule has 1 atom stereocenters. The highest BCUT2D eigenvalue weighted by molar-refractivity contribution is 7.46. The van der Waals surface area contributed by atoms with Gasteiger partial charge in [-0.1, -0.05) is 115 Å². The third-order valence-corrected chi connectivity index (χ3v) is 6.57. The van der Waals surface area contributed by atoms with Crippen LogP contribution in [0.15, 0.2) is 30.3 Å². The van der Waals surface area contributed by atoms with Crippen molar-refractivity contribution in [1.29, 1.82) is 0 Å². The van der Waals surface area contributed by atoms with Gasteiger partial charge in [-0.15, -0.1) is 0 Å². The van der Waals surface area contributed by atoms with Crippen LogP contribution < -0.4 is 10.1 Å². The number of phosphoric ester groups is 1. The molecule has 0 radical (unpaired) electrons. The summed E-state index contributed by atoms with van der Waals surface area (Å²) in [6, 6.07) is 8.92. The molecule has 8 heteroatoms. The summed E-state index contributed by atoms with van der Waals surface area (Å²) < 4.78 is 21.5. The molecule has 0 aliphatic heterocycles. The summed E-state index contributed by atoms with van der Waals surface area (Å²) in [6.07, 6.45) is 18.6. The molecule has 0 saturated heterocycles. The van der Waals surface area contributed by atoms with Crippen LogP contribution in [0.25, 0.3) is 0 Å². The third-order valence-electron chi connectivity index (χ3n) is 6.00. The van der Waals surface area contributed by atoms with Gasteiger partial charge in [0.25, 0.3) is 0 Å². The average Bonchev–Trinajstić information content (AvgIpc) is 2.83. The van der Waals surface area contributed by atoms with Gasteiger partial charge in [0.15, 0.2) is 0 Å². The van der Waals surface area contributed by atoms with E-state index in [0.717, 1.165) is 19.3 Å². The molecule has 0 aliphatic carbocycles. The number of rotatable bonds is 23. The summed E-state index contributed by atoms with van der Waals surface area (Å²) in [5, 5.41) is 2.70. The molecule has 0 unspecified atom stereocenters. The number of hydrogen-bond donors (Lipinski definition) is 3. The maximum absolute atomic E-state index is 12.1. The lowest BCUT2D eigenvalue weighted by Crippen LogP contribution is -2.36. The number of unbranched alkanes of at least 4 members (excludes halogenated alkanes) is 14. The van der Waals surface area contributed by atoms with Crippen molar-refractivity contribution in [3.63, 3.8) is 0 Å². The maximum atomic E-state index is 12.1. The Bertz CT molecular complexity index is 682. The van der Waals surface area contributed by atoms with Gasteiger partial charge in [-0.3, -0.25) is 9.32 Å². The Morgan fingerprint density at radius 2 is 1.31 bits per heavy atom. The molecule has 3 N–H and O–H groups in total. The molecule has 0 heterocycles. The van der Waals surface area contributed by atoms with Crippen molar-refractivity contribution >= 4 is 13.7 Å². The Balaban J connectivity index is 2.02. The molecule has 0 aliphatic rings. The average molecular weight is 514 g/mol. The quantitative estimate of drug-likeness (QED) is 0.108. The zero-order valence-corrected chi connectivity index (χ0v) is 22.6. The molecular formula is C27H48NO6P. The van der Waals surface area contributed by atoms with Crippen molar-refractivity contribution < 1.29 is 28.4 Å². The number of benzene rings is 1. The van der Waals surface area contributed by atoms with Gasteiger partial charge in [-0.2, -0.15) is 0 Å². The van der Waals surface area contributed by atoms with Crippen LogP contribution in [0.4, 0.5) is 0 Å². The number of nitrogens with one attached hydrogen (secondary N) is 1. The summed E-state index contributed by atoms with van der Waals surface area (Å²) >= 11 is 0. The molecule has 1 amide bonds. The fraction of sp³-hybridized carbons (Fsp3) is 0.741. The summed E-state index contributed by atoms with van der Waals surface area (Å²) in [5.74, 6) is 0.426. The standard InChI is InChI=1S/C27H48NO6P/c1-2-3-4-5-6-7-8-9-10-11-12-13-14-15-19-22-27(29)28-23-26(34-35(30,31)32)24-33-25-20-17-16-18-21-25/h16-18,20-21,26H,2-15,19,22-24H2,1H3,(H,28,29)(H2,30,31,32)/t26-/m0/s1. The minimum atomic E-state index is -4.69. The van der Waals surface area contributed by atoms with Gasteiger partial charge < -0.3 is 19.8 Å². The molecule has 1 rings (SSSR count). The summed E-state index contributed by atoms with van der Waals surface area (Å²) in [6.45, 7) is 2.16.